The van der Waals surface area contributed by atoms with E-state index in [1.165, 1.54) is 20.8 Å². The molecule has 0 spiro atoms. The molecule has 12 heteroatoms. The Bertz CT molecular complexity index is 1540. The van der Waals surface area contributed by atoms with Crippen molar-refractivity contribution in [3.63, 3.8) is 0 Å². The number of aromatic hydroxyl groups is 3. The second-order valence-electron chi connectivity index (χ2n) is 12.4. The summed E-state index contributed by atoms with van der Waals surface area (Å²) in [6, 6.07) is 0. The van der Waals surface area contributed by atoms with E-state index in [0.717, 1.165) is 6.92 Å². The molecule has 0 bridgehead atoms. The van der Waals surface area contributed by atoms with Crippen LogP contribution in [0.3, 0.4) is 0 Å². The van der Waals surface area contributed by atoms with Gasteiger partial charge in [0.15, 0.2) is 52.0 Å². The van der Waals surface area contributed by atoms with Gasteiger partial charge in [-0.15, -0.1) is 0 Å². The van der Waals surface area contributed by atoms with Gasteiger partial charge in [0.2, 0.25) is 0 Å². The molecule has 3 rings (SSSR count). The van der Waals surface area contributed by atoms with Crippen molar-refractivity contribution >= 4 is 52.0 Å². The summed E-state index contributed by atoms with van der Waals surface area (Å²) in [4.78, 5) is 119. The van der Waals surface area contributed by atoms with Crippen molar-refractivity contribution in [3.8, 4) is 17.2 Å². The van der Waals surface area contributed by atoms with Crippen LogP contribution in [0.25, 0.3) is 0 Å². The van der Waals surface area contributed by atoms with Crippen LogP contribution in [0.4, 0.5) is 0 Å². The van der Waals surface area contributed by atoms with Gasteiger partial charge in [-0.3, -0.25) is 43.2 Å². The Morgan fingerprint density at radius 1 is 0.667 bits per heavy atom. The predicted molar refractivity (Wildman–Crippen MR) is 156 cm³/mol. The van der Waals surface area contributed by atoms with E-state index in [2.05, 4.69) is 0 Å². The van der Waals surface area contributed by atoms with Gasteiger partial charge in [-0.25, -0.2) is 0 Å². The lowest BCUT2D eigenvalue weighted by Crippen LogP contribution is -2.57. The molecule has 1 aromatic rings. The van der Waals surface area contributed by atoms with Gasteiger partial charge in [-0.1, -0.05) is 13.8 Å². The molecule has 45 heavy (non-hydrogen) atoms. The van der Waals surface area contributed by atoms with Gasteiger partial charge < -0.3 is 15.3 Å². The van der Waals surface area contributed by atoms with Gasteiger partial charge in [0.25, 0.3) is 0 Å². The normalized spacial score (nSPS) is 25.1. The third kappa shape index (κ3) is 5.89. The fourth-order valence-electron chi connectivity index (χ4n) is 6.37. The fraction of sp³-hybridized carbons (Fsp3) is 0.545. The summed E-state index contributed by atoms with van der Waals surface area (Å²) in [7, 11) is 0. The molecule has 0 amide bonds. The van der Waals surface area contributed by atoms with Crippen LogP contribution >= 0.6 is 0 Å². The molecule has 0 aromatic heterocycles. The molecule has 2 saturated carbocycles. The van der Waals surface area contributed by atoms with Gasteiger partial charge in [0.05, 0.1) is 23.2 Å². The average molecular weight is 627 g/mol. The number of hydrogen-bond donors (Lipinski definition) is 3. The highest BCUT2D eigenvalue weighted by Gasteiger charge is 2.59. The maximum absolute atomic E-state index is 13.9. The maximum Gasteiger partial charge on any atom is 0.167 e. The van der Waals surface area contributed by atoms with Crippen LogP contribution in [0.2, 0.25) is 0 Å². The van der Waals surface area contributed by atoms with Crippen LogP contribution in [-0.2, 0) is 44.8 Å². The molecule has 242 valence electrons. The van der Waals surface area contributed by atoms with Crippen molar-refractivity contribution in [3.05, 3.63) is 16.7 Å². The summed E-state index contributed by atoms with van der Waals surface area (Å²) in [6.07, 6.45) is -1.32. The van der Waals surface area contributed by atoms with E-state index in [0.29, 0.717) is 6.42 Å². The van der Waals surface area contributed by atoms with Crippen molar-refractivity contribution < 1.29 is 58.5 Å². The first kappa shape index (κ1) is 35.1. The number of phenols is 3. The van der Waals surface area contributed by atoms with Gasteiger partial charge in [0.1, 0.15) is 34.6 Å². The van der Waals surface area contributed by atoms with Crippen LogP contribution in [0.5, 0.6) is 17.2 Å². The van der Waals surface area contributed by atoms with Crippen molar-refractivity contribution in [1.29, 1.82) is 0 Å². The fourth-order valence-corrected chi connectivity index (χ4v) is 6.37. The largest absolute Gasteiger partial charge is 0.507 e. The van der Waals surface area contributed by atoms with E-state index in [9.17, 15) is 58.5 Å². The number of rotatable bonds is 11. The molecule has 2 aliphatic rings. The second-order valence-corrected chi connectivity index (χ2v) is 12.4. The number of carbonyl (C=O) groups is 9. The zero-order valence-corrected chi connectivity index (χ0v) is 26.1. The Labute approximate surface area is 259 Å². The number of hydrogen-bond acceptors (Lipinski definition) is 12. The molecular formula is C33H38O12. The van der Waals surface area contributed by atoms with Crippen molar-refractivity contribution in [2.75, 3.05) is 0 Å². The minimum Gasteiger partial charge on any atom is -0.507 e. The highest BCUT2D eigenvalue weighted by atomic mass is 16.3. The second kappa shape index (κ2) is 12.9. The molecule has 2 aliphatic carbocycles. The predicted octanol–water partition coefficient (Wildman–Crippen LogP) is 2.53. The number of Topliss-reactive ketones (excluding diaryl/α,β-unsaturated/α-hetero) is 9. The molecule has 0 aliphatic heterocycles. The van der Waals surface area contributed by atoms with E-state index < -0.39 is 128 Å². The molecule has 0 saturated heterocycles. The van der Waals surface area contributed by atoms with Crippen LogP contribution < -0.4 is 0 Å². The number of carbonyl (C=O) groups excluding carboxylic acids is 9. The number of ketones is 9. The Morgan fingerprint density at radius 3 is 1.67 bits per heavy atom. The SMILES string of the molecule is CCCC(=O)C1C(=O)C(Cc2c(O)c(C)c(O)c(C(C)=O)c2O)C(=O)C(CC2C(=O)C(C(=O)CCC)C(=O)C(C)(C)C2=O)C1=O. The van der Waals surface area contributed by atoms with E-state index in [4.69, 9.17) is 0 Å². The van der Waals surface area contributed by atoms with Crippen molar-refractivity contribution in [2.24, 2.45) is 35.0 Å². The molecule has 5 atom stereocenters. The molecule has 2 fully saturated rings. The lowest BCUT2D eigenvalue weighted by Gasteiger charge is -2.38. The van der Waals surface area contributed by atoms with E-state index in [-0.39, 0.29) is 24.8 Å². The van der Waals surface area contributed by atoms with Crippen molar-refractivity contribution in [2.45, 2.75) is 80.1 Å². The first-order valence-corrected chi connectivity index (χ1v) is 14.9. The molecule has 0 radical (unpaired) electrons. The molecular weight excluding hydrogens is 588 g/mol. The maximum atomic E-state index is 13.9. The Hall–Kier alpha value is -4.35. The molecule has 1 aromatic carbocycles. The number of phenolic OH excluding ortho intramolecular Hbond substituents is 3. The quantitative estimate of drug-likeness (QED) is 0.239. The first-order valence-electron chi connectivity index (χ1n) is 14.9. The van der Waals surface area contributed by atoms with Crippen molar-refractivity contribution in [1.82, 2.24) is 0 Å². The monoisotopic (exact) mass is 626 g/mol. The third-order valence-corrected chi connectivity index (χ3v) is 9.01. The minimum atomic E-state index is -1.95. The number of benzene rings is 1. The average Bonchev–Trinajstić information content (AvgIpc) is 2.95. The lowest BCUT2D eigenvalue weighted by molar-refractivity contribution is -0.157. The van der Waals surface area contributed by atoms with Gasteiger partial charge in [0, 0.05) is 24.0 Å². The molecule has 3 N–H and O–H groups in total. The van der Waals surface area contributed by atoms with E-state index in [1.807, 2.05) is 0 Å². The molecule has 0 heterocycles. The highest BCUT2D eigenvalue weighted by molar-refractivity contribution is 6.35. The summed E-state index contributed by atoms with van der Waals surface area (Å²) in [5.74, 6) is -19.9. The van der Waals surface area contributed by atoms with Crippen LogP contribution in [0.15, 0.2) is 0 Å². The molecule has 12 nitrogen and oxygen atoms in total. The zero-order valence-electron chi connectivity index (χ0n) is 26.1. The van der Waals surface area contributed by atoms with Gasteiger partial charge in [-0.05, 0) is 53.4 Å². The smallest absolute Gasteiger partial charge is 0.167 e. The Morgan fingerprint density at radius 2 is 1.16 bits per heavy atom. The van der Waals surface area contributed by atoms with E-state index >= 15 is 0 Å². The van der Waals surface area contributed by atoms with E-state index in [1.54, 1.807) is 13.8 Å². The zero-order chi connectivity index (χ0) is 34.3. The highest BCUT2D eigenvalue weighted by Crippen LogP contribution is 2.45. The summed E-state index contributed by atoms with van der Waals surface area (Å²) in [6.45, 7) is 8.05. The Kier molecular flexibility index (Phi) is 10.1. The van der Waals surface area contributed by atoms with Gasteiger partial charge in [-0.2, -0.15) is 0 Å². The summed E-state index contributed by atoms with van der Waals surface area (Å²) < 4.78 is 0. The standard InChI is InChI=1S/C33H38O12/c1-7-9-19(35)22-28(41)16(11-15-24(37)13(3)25(38)21(14(4)34)27(15)40)26(39)17(29(22)42)12-18-30(43)23(20(36)10-8-2)32(45)33(5,6)31(18)44/h16-18,22-23,37-38,40H,7-12H2,1-6H3. The molecule has 5 unspecified atom stereocenters. The summed E-state index contributed by atoms with van der Waals surface area (Å²) >= 11 is 0. The van der Waals surface area contributed by atoms with Gasteiger partial charge >= 0.3 is 0 Å². The first-order chi connectivity index (χ1) is 20.9. The topological polar surface area (TPSA) is 214 Å². The summed E-state index contributed by atoms with van der Waals surface area (Å²) in [5.41, 5.74) is -3.07. The third-order valence-electron chi connectivity index (χ3n) is 9.01. The van der Waals surface area contributed by atoms with Crippen LogP contribution in [-0.4, -0.2) is 67.4 Å². The Balaban J connectivity index is 2.15. The van der Waals surface area contributed by atoms with Crippen LogP contribution in [0, 0.1) is 41.9 Å². The lowest BCUT2D eigenvalue weighted by atomic mass is 9.59. The minimum absolute atomic E-state index is 0.119. The summed E-state index contributed by atoms with van der Waals surface area (Å²) in [5, 5.41) is 31.9. The van der Waals surface area contributed by atoms with Crippen LogP contribution in [0.1, 0.15) is 88.2 Å².